The average molecular weight is 254 g/mol. The SMILES string of the molecule is CCOC1CC(N(C)C(=O)[C@@H](C)N)C12CCCC2. The zero-order chi connectivity index (χ0) is 13.3. The molecular weight excluding hydrogens is 228 g/mol. The topological polar surface area (TPSA) is 55.6 Å². The van der Waals surface area contributed by atoms with E-state index in [-0.39, 0.29) is 11.3 Å². The van der Waals surface area contributed by atoms with Crippen LogP contribution in [0.5, 0.6) is 0 Å². The van der Waals surface area contributed by atoms with Gasteiger partial charge in [-0.15, -0.1) is 0 Å². The number of likely N-dealkylation sites (N-methyl/N-ethyl adjacent to an activating group) is 1. The third-order valence-electron chi connectivity index (χ3n) is 4.85. The first-order valence-corrected chi connectivity index (χ1v) is 7.16. The van der Waals surface area contributed by atoms with Gasteiger partial charge in [-0.05, 0) is 33.1 Å². The zero-order valence-corrected chi connectivity index (χ0v) is 11.8. The van der Waals surface area contributed by atoms with Crippen LogP contribution in [0.25, 0.3) is 0 Å². The van der Waals surface area contributed by atoms with Crippen molar-refractivity contribution < 1.29 is 9.53 Å². The Morgan fingerprint density at radius 3 is 2.61 bits per heavy atom. The molecule has 104 valence electrons. The predicted molar refractivity (Wildman–Crippen MR) is 71.1 cm³/mol. The molecule has 0 heterocycles. The number of hydrogen-bond donors (Lipinski definition) is 1. The standard InChI is InChI=1S/C14H26N2O2/c1-4-18-12-9-11(14(12)7-5-6-8-14)16(3)13(17)10(2)15/h10-12H,4-9,15H2,1-3H3/t10-,11?,12?/m1/s1. The summed E-state index contributed by atoms with van der Waals surface area (Å²) in [6, 6.07) is -0.0744. The lowest BCUT2D eigenvalue weighted by molar-refractivity contribution is -0.172. The minimum Gasteiger partial charge on any atom is -0.378 e. The van der Waals surface area contributed by atoms with Crippen LogP contribution in [0.15, 0.2) is 0 Å². The van der Waals surface area contributed by atoms with Crippen LogP contribution in [0, 0.1) is 5.41 Å². The molecule has 4 heteroatoms. The molecule has 18 heavy (non-hydrogen) atoms. The van der Waals surface area contributed by atoms with Gasteiger partial charge in [-0.3, -0.25) is 4.79 Å². The van der Waals surface area contributed by atoms with Crippen LogP contribution >= 0.6 is 0 Å². The lowest BCUT2D eigenvalue weighted by atomic mass is 9.60. The van der Waals surface area contributed by atoms with Crippen molar-refractivity contribution >= 4 is 5.91 Å². The van der Waals surface area contributed by atoms with Crippen LogP contribution in [0.1, 0.15) is 46.0 Å². The summed E-state index contributed by atoms with van der Waals surface area (Å²) in [6.07, 6.45) is 6.24. The highest BCUT2D eigenvalue weighted by Crippen LogP contribution is 2.56. The number of nitrogens with two attached hydrogens (primary N) is 1. The minimum absolute atomic E-state index is 0.0567. The summed E-state index contributed by atoms with van der Waals surface area (Å²) < 4.78 is 5.87. The second kappa shape index (κ2) is 5.17. The third-order valence-corrected chi connectivity index (χ3v) is 4.85. The summed E-state index contributed by atoms with van der Waals surface area (Å²) >= 11 is 0. The van der Waals surface area contributed by atoms with Crippen molar-refractivity contribution in [1.29, 1.82) is 0 Å². The van der Waals surface area contributed by atoms with Crippen LogP contribution in [-0.2, 0) is 9.53 Å². The summed E-state index contributed by atoms with van der Waals surface area (Å²) in [5.41, 5.74) is 5.93. The van der Waals surface area contributed by atoms with Crippen molar-refractivity contribution in [2.24, 2.45) is 11.1 Å². The van der Waals surface area contributed by atoms with E-state index >= 15 is 0 Å². The summed E-state index contributed by atoms with van der Waals surface area (Å²) in [5, 5.41) is 0. The molecule has 2 rings (SSSR count). The monoisotopic (exact) mass is 254 g/mol. The van der Waals surface area contributed by atoms with Crippen LogP contribution in [-0.4, -0.2) is 42.6 Å². The zero-order valence-electron chi connectivity index (χ0n) is 11.8. The molecule has 2 saturated carbocycles. The highest BCUT2D eigenvalue weighted by molar-refractivity contribution is 5.81. The number of carbonyl (C=O) groups excluding carboxylic acids is 1. The van der Waals surface area contributed by atoms with E-state index in [2.05, 4.69) is 0 Å². The molecule has 2 aliphatic rings. The number of nitrogens with zero attached hydrogens (tertiary/aromatic N) is 1. The number of amides is 1. The van der Waals surface area contributed by atoms with E-state index in [0.717, 1.165) is 13.0 Å². The van der Waals surface area contributed by atoms with Crippen LogP contribution in [0.2, 0.25) is 0 Å². The minimum atomic E-state index is -0.403. The maximum Gasteiger partial charge on any atom is 0.239 e. The fourth-order valence-electron chi connectivity index (χ4n) is 3.87. The first-order valence-electron chi connectivity index (χ1n) is 7.16. The van der Waals surface area contributed by atoms with Crippen molar-refractivity contribution in [2.45, 2.75) is 64.1 Å². The van der Waals surface area contributed by atoms with Gasteiger partial charge in [0.25, 0.3) is 0 Å². The molecule has 2 fully saturated rings. The highest BCUT2D eigenvalue weighted by Gasteiger charge is 2.58. The predicted octanol–water partition coefficient (Wildman–Crippen LogP) is 1.53. The molecule has 4 nitrogen and oxygen atoms in total. The molecule has 1 amide bonds. The van der Waals surface area contributed by atoms with Gasteiger partial charge in [-0.25, -0.2) is 0 Å². The molecule has 1 spiro atoms. The Kier molecular flexibility index (Phi) is 3.97. The largest absolute Gasteiger partial charge is 0.378 e. The molecular formula is C14H26N2O2. The van der Waals surface area contributed by atoms with Gasteiger partial charge in [0.05, 0.1) is 12.1 Å². The van der Waals surface area contributed by atoms with Gasteiger partial charge in [0.2, 0.25) is 5.91 Å². The van der Waals surface area contributed by atoms with E-state index < -0.39 is 6.04 Å². The van der Waals surface area contributed by atoms with Gasteiger partial charge in [0.1, 0.15) is 0 Å². The van der Waals surface area contributed by atoms with E-state index in [1.54, 1.807) is 6.92 Å². The fourth-order valence-corrected chi connectivity index (χ4v) is 3.87. The molecule has 0 aromatic rings. The van der Waals surface area contributed by atoms with Crippen molar-refractivity contribution in [3.8, 4) is 0 Å². The van der Waals surface area contributed by atoms with Gasteiger partial charge in [0.15, 0.2) is 0 Å². The molecule has 2 unspecified atom stereocenters. The lowest BCUT2D eigenvalue weighted by Gasteiger charge is -2.57. The molecule has 0 aromatic carbocycles. The van der Waals surface area contributed by atoms with Gasteiger partial charge in [-0.2, -0.15) is 0 Å². The third kappa shape index (κ3) is 2.05. The molecule has 0 saturated heterocycles. The maximum absolute atomic E-state index is 12.0. The number of rotatable bonds is 4. The number of ether oxygens (including phenoxy) is 1. The Morgan fingerprint density at radius 1 is 1.50 bits per heavy atom. The molecule has 0 radical (unpaired) electrons. The molecule has 2 N–H and O–H groups in total. The van der Waals surface area contributed by atoms with Crippen molar-refractivity contribution in [3.63, 3.8) is 0 Å². The lowest BCUT2D eigenvalue weighted by Crippen LogP contribution is -2.65. The van der Waals surface area contributed by atoms with E-state index in [4.69, 9.17) is 10.5 Å². The molecule has 0 bridgehead atoms. The number of hydrogen-bond acceptors (Lipinski definition) is 3. The second-order valence-electron chi connectivity index (χ2n) is 5.87. The first kappa shape index (κ1) is 13.8. The van der Waals surface area contributed by atoms with Crippen LogP contribution in [0.4, 0.5) is 0 Å². The Labute approximate surface area is 110 Å². The van der Waals surface area contributed by atoms with Crippen molar-refractivity contribution in [2.75, 3.05) is 13.7 Å². The van der Waals surface area contributed by atoms with E-state index in [1.165, 1.54) is 25.7 Å². The van der Waals surface area contributed by atoms with Gasteiger partial charge >= 0.3 is 0 Å². The van der Waals surface area contributed by atoms with Gasteiger partial charge in [0, 0.05) is 25.1 Å². The van der Waals surface area contributed by atoms with E-state index in [0.29, 0.717) is 12.1 Å². The summed E-state index contributed by atoms with van der Waals surface area (Å²) in [7, 11) is 1.90. The molecule has 0 aliphatic heterocycles. The Bertz CT molecular complexity index is 311. The molecule has 0 aromatic heterocycles. The second-order valence-corrected chi connectivity index (χ2v) is 5.87. The Balaban J connectivity index is 2.08. The van der Waals surface area contributed by atoms with Gasteiger partial charge < -0.3 is 15.4 Å². The highest BCUT2D eigenvalue weighted by atomic mass is 16.5. The Morgan fingerprint density at radius 2 is 2.11 bits per heavy atom. The normalized spacial score (nSPS) is 31.1. The molecule has 3 atom stereocenters. The van der Waals surface area contributed by atoms with Crippen molar-refractivity contribution in [1.82, 2.24) is 4.90 Å². The summed E-state index contributed by atoms with van der Waals surface area (Å²) in [5.74, 6) is 0.0567. The number of carbonyl (C=O) groups is 1. The quantitative estimate of drug-likeness (QED) is 0.827. The fraction of sp³-hybridized carbons (Fsp3) is 0.929. The summed E-state index contributed by atoms with van der Waals surface area (Å²) in [4.78, 5) is 13.9. The van der Waals surface area contributed by atoms with E-state index in [9.17, 15) is 4.79 Å². The van der Waals surface area contributed by atoms with Crippen molar-refractivity contribution in [3.05, 3.63) is 0 Å². The first-order chi connectivity index (χ1) is 8.53. The smallest absolute Gasteiger partial charge is 0.239 e. The average Bonchev–Trinajstić information content (AvgIpc) is 2.84. The van der Waals surface area contributed by atoms with Crippen LogP contribution in [0.3, 0.4) is 0 Å². The summed E-state index contributed by atoms with van der Waals surface area (Å²) in [6.45, 7) is 4.58. The Hall–Kier alpha value is -0.610. The molecule has 2 aliphatic carbocycles. The van der Waals surface area contributed by atoms with Crippen LogP contribution < -0.4 is 5.73 Å². The van der Waals surface area contributed by atoms with E-state index in [1.807, 2.05) is 18.9 Å². The maximum atomic E-state index is 12.0. The van der Waals surface area contributed by atoms with Gasteiger partial charge in [-0.1, -0.05) is 12.8 Å².